The SMILES string of the molecule is CCOC(=O)c1c(CN2CCN(c3ccccc3C)CC2)n(-c2ccccc2)c2cc(Br)c(O)cc12. The number of nitrogens with zero attached hydrogens (tertiary/aromatic N) is 3. The van der Waals surface area contributed by atoms with E-state index in [2.05, 4.69) is 61.5 Å². The smallest absolute Gasteiger partial charge is 0.340 e. The van der Waals surface area contributed by atoms with Gasteiger partial charge in [-0.2, -0.15) is 0 Å². The molecule has 0 amide bonds. The first-order valence-corrected chi connectivity index (χ1v) is 13.1. The Morgan fingerprint density at radius 1 is 1.00 bits per heavy atom. The molecule has 1 fully saturated rings. The second kappa shape index (κ2) is 10.4. The number of rotatable bonds is 6. The number of phenolic OH excluding ortho intramolecular Hbond substituents is 1. The van der Waals surface area contributed by atoms with Crippen LogP contribution in [-0.2, 0) is 11.3 Å². The van der Waals surface area contributed by atoms with Crippen molar-refractivity contribution in [2.24, 2.45) is 0 Å². The molecular formula is C29H30BrN3O3. The van der Waals surface area contributed by atoms with Crippen LogP contribution in [0.2, 0.25) is 0 Å². The molecule has 1 aliphatic heterocycles. The molecule has 186 valence electrons. The number of aromatic nitrogens is 1. The van der Waals surface area contributed by atoms with Crippen LogP contribution in [0.15, 0.2) is 71.2 Å². The number of fused-ring (bicyclic) bond motifs is 1. The summed E-state index contributed by atoms with van der Waals surface area (Å²) in [5, 5.41) is 11.2. The van der Waals surface area contributed by atoms with Crippen molar-refractivity contribution in [2.45, 2.75) is 20.4 Å². The minimum Gasteiger partial charge on any atom is -0.507 e. The standard InChI is InChI=1S/C29H30BrN3O3/c1-3-36-29(35)28-22-17-27(34)23(30)18-25(22)33(21-10-5-4-6-11-21)26(28)19-31-13-15-32(16-14-31)24-12-8-7-9-20(24)2/h4-12,17-18,34H,3,13-16,19H2,1-2H3. The maximum Gasteiger partial charge on any atom is 0.340 e. The normalized spacial score (nSPS) is 14.4. The first kappa shape index (κ1) is 24.4. The summed E-state index contributed by atoms with van der Waals surface area (Å²) in [6.07, 6.45) is 0. The summed E-state index contributed by atoms with van der Waals surface area (Å²) in [5.41, 5.74) is 5.76. The Morgan fingerprint density at radius 3 is 2.39 bits per heavy atom. The number of aromatic hydroxyl groups is 1. The third-order valence-corrected chi connectivity index (χ3v) is 7.46. The maximum absolute atomic E-state index is 13.3. The molecule has 1 aliphatic rings. The van der Waals surface area contributed by atoms with E-state index in [9.17, 15) is 9.90 Å². The lowest BCUT2D eigenvalue weighted by Crippen LogP contribution is -2.46. The van der Waals surface area contributed by atoms with Gasteiger partial charge in [-0.1, -0.05) is 36.4 Å². The van der Waals surface area contributed by atoms with E-state index in [0.29, 0.717) is 22.0 Å². The first-order valence-electron chi connectivity index (χ1n) is 12.3. The summed E-state index contributed by atoms with van der Waals surface area (Å²) in [6, 6.07) is 22.1. The van der Waals surface area contributed by atoms with E-state index >= 15 is 0 Å². The molecule has 1 N–H and O–H groups in total. The highest BCUT2D eigenvalue weighted by molar-refractivity contribution is 9.10. The molecule has 1 saturated heterocycles. The molecule has 3 aromatic carbocycles. The summed E-state index contributed by atoms with van der Waals surface area (Å²) in [4.78, 5) is 18.1. The number of para-hydroxylation sites is 2. The van der Waals surface area contributed by atoms with Crippen LogP contribution in [0.3, 0.4) is 0 Å². The summed E-state index contributed by atoms with van der Waals surface area (Å²) < 4.78 is 8.21. The number of anilines is 1. The van der Waals surface area contributed by atoms with Crippen molar-refractivity contribution < 1.29 is 14.6 Å². The number of ether oxygens (including phenoxy) is 1. The first-order chi connectivity index (χ1) is 17.5. The van der Waals surface area contributed by atoms with Gasteiger partial charge in [-0.05, 0) is 65.7 Å². The fourth-order valence-corrected chi connectivity index (χ4v) is 5.41. The number of halogens is 1. The summed E-state index contributed by atoms with van der Waals surface area (Å²) in [6.45, 7) is 8.43. The van der Waals surface area contributed by atoms with Gasteiger partial charge in [0.1, 0.15) is 5.75 Å². The molecule has 0 aliphatic carbocycles. The second-order valence-electron chi connectivity index (χ2n) is 9.08. The highest BCUT2D eigenvalue weighted by atomic mass is 79.9. The predicted octanol–water partition coefficient (Wildman–Crippen LogP) is 5.91. The van der Waals surface area contributed by atoms with E-state index in [4.69, 9.17) is 4.74 Å². The van der Waals surface area contributed by atoms with E-state index in [-0.39, 0.29) is 18.3 Å². The third-order valence-electron chi connectivity index (χ3n) is 6.83. The van der Waals surface area contributed by atoms with E-state index in [0.717, 1.165) is 43.1 Å². The van der Waals surface area contributed by atoms with Crippen molar-refractivity contribution in [3.63, 3.8) is 0 Å². The number of esters is 1. The largest absolute Gasteiger partial charge is 0.507 e. The van der Waals surface area contributed by atoms with Gasteiger partial charge in [0.15, 0.2) is 0 Å². The number of benzene rings is 3. The molecular weight excluding hydrogens is 518 g/mol. The van der Waals surface area contributed by atoms with Crippen LogP contribution < -0.4 is 4.90 Å². The van der Waals surface area contributed by atoms with Crippen LogP contribution in [-0.4, -0.2) is 53.3 Å². The predicted molar refractivity (Wildman–Crippen MR) is 147 cm³/mol. The molecule has 4 aromatic rings. The number of hydrogen-bond acceptors (Lipinski definition) is 5. The van der Waals surface area contributed by atoms with E-state index < -0.39 is 0 Å². The molecule has 36 heavy (non-hydrogen) atoms. The van der Waals surface area contributed by atoms with Gasteiger partial charge >= 0.3 is 5.97 Å². The molecule has 0 bridgehead atoms. The van der Waals surface area contributed by atoms with Crippen LogP contribution >= 0.6 is 15.9 Å². The summed E-state index contributed by atoms with van der Waals surface area (Å²) >= 11 is 3.46. The molecule has 2 heterocycles. The van der Waals surface area contributed by atoms with Crippen molar-refractivity contribution in [1.29, 1.82) is 0 Å². The number of piperazine rings is 1. The molecule has 0 spiro atoms. The van der Waals surface area contributed by atoms with Gasteiger partial charge in [-0.3, -0.25) is 4.90 Å². The zero-order chi connectivity index (χ0) is 25.2. The Hall–Kier alpha value is -3.29. The van der Waals surface area contributed by atoms with E-state index in [1.807, 2.05) is 43.3 Å². The lowest BCUT2D eigenvalue weighted by molar-refractivity contribution is 0.0526. The fourth-order valence-electron chi connectivity index (χ4n) is 5.08. The lowest BCUT2D eigenvalue weighted by atomic mass is 10.1. The van der Waals surface area contributed by atoms with Crippen LogP contribution in [0.5, 0.6) is 5.75 Å². The molecule has 0 atom stereocenters. The molecule has 0 saturated carbocycles. The van der Waals surface area contributed by atoms with Gasteiger partial charge in [0.05, 0.1) is 27.9 Å². The highest BCUT2D eigenvalue weighted by Crippen LogP contribution is 2.37. The monoisotopic (exact) mass is 547 g/mol. The number of carbonyl (C=O) groups is 1. The summed E-state index contributed by atoms with van der Waals surface area (Å²) in [7, 11) is 0. The van der Waals surface area contributed by atoms with Crippen molar-refractivity contribution in [2.75, 3.05) is 37.7 Å². The number of carbonyl (C=O) groups excluding carboxylic acids is 1. The molecule has 1 aromatic heterocycles. The minimum absolute atomic E-state index is 0.0941. The Morgan fingerprint density at radius 2 is 1.69 bits per heavy atom. The molecule has 0 radical (unpaired) electrons. The molecule has 5 rings (SSSR count). The topological polar surface area (TPSA) is 57.9 Å². The van der Waals surface area contributed by atoms with E-state index in [1.165, 1.54) is 11.3 Å². The lowest BCUT2D eigenvalue weighted by Gasteiger charge is -2.37. The van der Waals surface area contributed by atoms with E-state index in [1.54, 1.807) is 6.07 Å². The molecule has 6 nitrogen and oxygen atoms in total. The van der Waals surface area contributed by atoms with Gasteiger partial charge in [0.2, 0.25) is 0 Å². The third kappa shape index (κ3) is 4.61. The Kier molecular flexibility index (Phi) is 7.03. The van der Waals surface area contributed by atoms with Crippen LogP contribution in [0.1, 0.15) is 28.5 Å². The Labute approximate surface area is 219 Å². The zero-order valence-electron chi connectivity index (χ0n) is 20.6. The van der Waals surface area contributed by atoms with Crippen LogP contribution in [0.25, 0.3) is 16.6 Å². The number of aryl methyl sites for hydroxylation is 1. The zero-order valence-corrected chi connectivity index (χ0v) is 22.2. The van der Waals surface area contributed by atoms with Crippen molar-refractivity contribution in [3.05, 3.63) is 88.0 Å². The average molecular weight is 548 g/mol. The summed E-state index contributed by atoms with van der Waals surface area (Å²) in [5.74, 6) is -0.274. The van der Waals surface area contributed by atoms with Crippen molar-refractivity contribution in [3.8, 4) is 11.4 Å². The van der Waals surface area contributed by atoms with Gasteiger partial charge in [-0.25, -0.2) is 4.79 Å². The fraction of sp³-hybridized carbons (Fsp3) is 0.276. The van der Waals surface area contributed by atoms with Crippen molar-refractivity contribution in [1.82, 2.24) is 9.47 Å². The number of phenols is 1. The van der Waals surface area contributed by atoms with Crippen LogP contribution in [0, 0.1) is 6.92 Å². The van der Waals surface area contributed by atoms with Gasteiger partial charge in [0, 0.05) is 49.5 Å². The average Bonchev–Trinajstić information content (AvgIpc) is 3.18. The highest BCUT2D eigenvalue weighted by Gasteiger charge is 2.28. The van der Waals surface area contributed by atoms with Crippen molar-refractivity contribution >= 4 is 38.5 Å². The van der Waals surface area contributed by atoms with Gasteiger partial charge in [0.25, 0.3) is 0 Å². The van der Waals surface area contributed by atoms with Gasteiger partial charge in [-0.15, -0.1) is 0 Å². The van der Waals surface area contributed by atoms with Gasteiger partial charge < -0.3 is 19.3 Å². The number of hydrogen-bond donors (Lipinski definition) is 1. The maximum atomic E-state index is 13.3. The second-order valence-corrected chi connectivity index (χ2v) is 9.94. The van der Waals surface area contributed by atoms with Crippen LogP contribution in [0.4, 0.5) is 5.69 Å². The Bertz CT molecular complexity index is 1390. The molecule has 0 unspecified atom stereocenters. The minimum atomic E-state index is -0.368. The quantitative estimate of drug-likeness (QED) is 0.304. The molecule has 7 heteroatoms. The Balaban J connectivity index is 1.56.